The number of sulfonamides is 1. The number of rotatable bonds is 3. The van der Waals surface area contributed by atoms with Crippen LogP contribution in [0.15, 0.2) is 23.2 Å². The van der Waals surface area contributed by atoms with Gasteiger partial charge in [0.05, 0.1) is 11.9 Å². The molecule has 0 atom stereocenters. The van der Waals surface area contributed by atoms with Crippen LogP contribution < -0.4 is 9.47 Å². The number of hydrogen-bond donors (Lipinski definition) is 0. The third kappa shape index (κ3) is 2.73. The molecule has 1 aromatic carbocycles. The molecule has 0 radical (unpaired) electrons. The van der Waals surface area contributed by atoms with Crippen molar-refractivity contribution in [2.75, 3.05) is 19.9 Å². The number of fused-ring (bicyclic) bond motifs is 2. The van der Waals surface area contributed by atoms with E-state index in [1.807, 2.05) is 10.7 Å². The first-order valence-corrected chi connectivity index (χ1v) is 10.9. The van der Waals surface area contributed by atoms with E-state index >= 15 is 0 Å². The van der Waals surface area contributed by atoms with Crippen LogP contribution in [0, 0.1) is 6.92 Å². The number of ether oxygens (including phenoxy) is 2. The van der Waals surface area contributed by atoms with Gasteiger partial charge < -0.3 is 9.47 Å². The van der Waals surface area contributed by atoms with E-state index in [2.05, 4.69) is 18.1 Å². The zero-order valence-corrected chi connectivity index (χ0v) is 16.2. The van der Waals surface area contributed by atoms with Gasteiger partial charge in [-0.1, -0.05) is 0 Å². The summed E-state index contributed by atoms with van der Waals surface area (Å²) in [6.07, 6.45) is 4.91. The predicted molar refractivity (Wildman–Crippen MR) is 98.6 cm³/mol. The Kier molecular flexibility index (Phi) is 3.94. The van der Waals surface area contributed by atoms with Crippen LogP contribution in [0.3, 0.4) is 0 Å². The Morgan fingerprint density at radius 2 is 1.85 bits per heavy atom. The fourth-order valence-electron chi connectivity index (χ4n) is 4.50. The van der Waals surface area contributed by atoms with Gasteiger partial charge in [0.1, 0.15) is 4.90 Å². The topological polar surface area (TPSA) is 73.7 Å². The molecule has 144 valence electrons. The molecule has 7 nitrogen and oxygen atoms in total. The number of aryl methyl sites for hydroxylation is 2. The SMILES string of the molecule is Cc1cc2c(cc1C1CCN(S(=O)(=O)c3cnn4c3CCC4)CC1)OCO2. The van der Waals surface area contributed by atoms with E-state index < -0.39 is 10.0 Å². The summed E-state index contributed by atoms with van der Waals surface area (Å²) in [5.41, 5.74) is 3.28. The van der Waals surface area contributed by atoms with Crippen molar-refractivity contribution in [3.05, 3.63) is 35.2 Å². The van der Waals surface area contributed by atoms with Crippen LogP contribution in [0.1, 0.15) is 42.0 Å². The molecule has 0 amide bonds. The van der Waals surface area contributed by atoms with Crippen molar-refractivity contribution < 1.29 is 17.9 Å². The Labute approximate surface area is 158 Å². The van der Waals surface area contributed by atoms with Gasteiger partial charge in [-0.2, -0.15) is 9.40 Å². The van der Waals surface area contributed by atoms with Crippen LogP contribution in [-0.2, 0) is 23.0 Å². The van der Waals surface area contributed by atoms with E-state index in [9.17, 15) is 8.42 Å². The lowest BCUT2D eigenvalue weighted by Crippen LogP contribution is -2.38. The van der Waals surface area contributed by atoms with E-state index in [0.717, 1.165) is 49.4 Å². The van der Waals surface area contributed by atoms with Crippen molar-refractivity contribution in [2.45, 2.75) is 50.0 Å². The van der Waals surface area contributed by atoms with Gasteiger partial charge >= 0.3 is 0 Å². The maximum atomic E-state index is 13.1. The average molecular weight is 389 g/mol. The van der Waals surface area contributed by atoms with E-state index in [1.165, 1.54) is 17.3 Å². The summed E-state index contributed by atoms with van der Waals surface area (Å²) in [6.45, 7) is 4.23. The average Bonchev–Trinajstić information content (AvgIpc) is 3.37. The standard InChI is InChI=1S/C19H23N3O4S/c1-13-9-17-18(26-12-25-17)10-15(13)14-4-7-21(8-5-14)27(23,24)19-11-20-22-6-2-3-16(19)22/h9-11,14H,2-8,12H2,1H3. The third-order valence-corrected chi connectivity index (χ3v) is 7.91. The largest absolute Gasteiger partial charge is 0.454 e. The number of piperidine rings is 1. The van der Waals surface area contributed by atoms with Gasteiger partial charge in [0, 0.05) is 19.6 Å². The summed E-state index contributed by atoms with van der Waals surface area (Å²) in [5, 5.41) is 4.25. The van der Waals surface area contributed by atoms with Gasteiger partial charge in [0.2, 0.25) is 16.8 Å². The molecule has 1 fully saturated rings. The minimum atomic E-state index is -3.46. The van der Waals surface area contributed by atoms with Crippen molar-refractivity contribution in [3.63, 3.8) is 0 Å². The lowest BCUT2D eigenvalue weighted by atomic mass is 9.87. The summed E-state index contributed by atoms with van der Waals surface area (Å²) in [7, 11) is -3.46. The molecule has 2 aromatic rings. The highest BCUT2D eigenvalue weighted by atomic mass is 32.2. The number of nitrogens with zero attached hydrogens (tertiary/aromatic N) is 3. The van der Waals surface area contributed by atoms with Crippen molar-refractivity contribution in [1.29, 1.82) is 0 Å². The molecule has 3 aliphatic heterocycles. The number of benzene rings is 1. The highest BCUT2D eigenvalue weighted by Gasteiger charge is 2.34. The quantitative estimate of drug-likeness (QED) is 0.806. The lowest BCUT2D eigenvalue weighted by molar-refractivity contribution is 0.174. The Hall–Kier alpha value is -2.06. The fourth-order valence-corrected chi connectivity index (χ4v) is 6.15. The molecular weight excluding hydrogens is 366 g/mol. The van der Waals surface area contributed by atoms with Crippen LogP contribution in [-0.4, -0.2) is 42.4 Å². The smallest absolute Gasteiger partial charge is 0.246 e. The van der Waals surface area contributed by atoms with Gasteiger partial charge in [-0.25, -0.2) is 8.42 Å². The van der Waals surface area contributed by atoms with E-state index in [0.29, 0.717) is 23.9 Å². The van der Waals surface area contributed by atoms with E-state index in [1.54, 1.807) is 4.31 Å². The first-order valence-electron chi connectivity index (χ1n) is 9.49. The minimum absolute atomic E-state index is 0.269. The Morgan fingerprint density at radius 1 is 1.11 bits per heavy atom. The lowest BCUT2D eigenvalue weighted by Gasteiger charge is -2.32. The monoisotopic (exact) mass is 389 g/mol. The molecule has 1 aromatic heterocycles. The molecule has 0 bridgehead atoms. The number of hydrogen-bond acceptors (Lipinski definition) is 5. The minimum Gasteiger partial charge on any atom is -0.454 e. The van der Waals surface area contributed by atoms with Crippen molar-refractivity contribution in [1.82, 2.24) is 14.1 Å². The summed E-state index contributed by atoms with van der Waals surface area (Å²) < 4.78 is 40.6. The molecule has 27 heavy (non-hydrogen) atoms. The van der Waals surface area contributed by atoms with Crippen LogP contribution in [0.25, 0.3) is 0 Å². The van der Waals surface area contributed by atoms with Crippen LogP contribution >= 0.6 is 0 Å². The summed E-state index contributed by atoms with van der Waals surface area (Å²) >= 11 is 0. The highest BCUT2D eigenvalue weighted by molar-refractivity contribution is 7.89. The second kappa shape index (κ2) is 6.24. The van der Waals surface area contributed by atoms with E-state index in [-0.39, 0.29) is 6.79 Å². The molecule has 0 N–H and O–H groups in total. The Balaban J connectivity index is 1.34. The molecule has 3 aliphatic rings. The molecular formula is C19H23N3O4S. The molecule has 4 heterocycles. The van der Waals surface area contributed by atoms with Crippen LogP contribution in [0.2, 0.25) is 0 Å². The van der Waals surface area contributed by atoms with E-state index in [4.69, 9.17) is 9.47 Å². The summed E-state index contributed by atoms with van der Waals surface area (Å²) in [5.74, 6) is 1.93. The molecule has 0 unspecified atom stereocenters. The van der Waals surface area contributed by atoms with Gasteiger partial charge in [-0.05, 0) is 61.8 Å². The molecule has 5 rings (SSSR count). The molecule has 0 saturated carbocycles. The third-order valence-electron chi connectivity index (χ3n) is 5.97. The maximum Gasteiger partial charge on any atom is 0.246 e. The molecule has 0 aliphatic carbocycles. The zero-order chi connectivity index (χ0) is 18.6. The summed E-state index contributed by atoms with van der Waals surface area (Å²) in [4.78, 5) is 0.401. The van der Waals surface area contributed by atoms with Crippen molar-refractivity contribution in [3.8, 4) is 11.5 Å². The second-order valence-electron chi connectivity index (χ2n) is 7.52. The summed E-state index contributed by atoms with van der Waals surface area (Å²) in [6, 6.07) is 4.09. The fraction of sp³-hybridized carbons (Fsp3) is 0.526. The molecule has 8 heteroatoms. The maximum absolute atomic E-state index is 13.1. The van der Waals surface area contributed by atoms with Crippen LogP contribution in [0.4, 0.5) is 0 Å². The predicted octanol–water partition coefficient (Wildman–Crippen LogP) is 2.43. The van der Waals surface area contributed by atoms with Gasteiger partial charge in [-0.15, -0.1) is 0 Å². The zero-order valence-electron chi connectivity index (χ0n) is 15.3. The first kappa shape index (κ1) is 17.1. The Bertz CT molecular complexity index is 991. The van der Waals surface area contributed by atoms with Gasteiger partial charge in [0.25, 0.3) is 0 Å². The van der Waals surface area contributed by atoms with Gasteiger partial charge in [0.15, 0.2) is 11.5 Å². The highest BCUT2D eigenvalue weighted by Crippen LogP contribution is 2.40. The van der Waals surface area contributed by atoms with Crippen molar-refractivity contribution in [2.24, 2.45) is 0 Å². The Morgan fingerprint density at radius 3 is 2.63 bits per heavy atom. The normalized spacial score (nSPS) is 20.2. The molecule has 1 saturated heterocycles. The van der Waals surface area contributed by atoms with Crippen LogP contribution in [0.5, 0.6) is 11.5 Å². The first-order chi connectivity index (χ1) is 13.0. The van der Waals surface area contributed by atoms with Crippen molar-refractivity contribution >= 4 is 10.0 Å². The second-order valence-corrected chi connectivity index (χ2v) is 9.43. The number of aromatic nitrogens is 2. The van der Waals surface area contributed by atoms with Gasteiger partial charge in [-0.3, -0.25) is 4.68 Å². The molecule has 0 spiro atoms.